The molecule has 0 unspecified atom stereocenters. The van der Waals surface area contributed by atoms with E-state index in [-0.39, 0.29) is 17.9 Å². The van der Waals surface area contributed by atoms with Gasteiger partial charge in [-0.3, -0.25) is 9.59 Å². The maximum Gasteiger partial charge on any atom is 0.316 e. The number of hydrogen-bond donors (Lipinski definition) is 2. The van der Waals surface area contributed by atoms with Gasteiger partial charge in [-0.05, 0) is 69.7 Å². The van der Waals surface area contributed by atoms with Crippen molar-refractivity contribution in [3.8, 4) is 17.0 Å². The van der Waals surface area contributed by atoms with Gasteiger partial charge in [0.25, 0.3) is 0 Å². The summed E-state index contributed by atoms with van der Waals surface area (Å²) in [4.78, 5) is 35.4. The highest BCUT2D eigenvalue weighted by Crippen LogP contribution is 2.31. The number of nitrogens with two attached hydrogens (primary N) is 1. The highest BCUT2D eigenvalue weighted by Gasteiger charge is 2.32. The second kappa shape index (κ2) is 10.4. The van der Waals surface area contributed by atoms with Crippen molar-refractivity contribution in [3.63, 3.8) is 0 Å². The highest BCUT2D eigenvalue weighted by atomic mass is 16.5. The zero-order chi connectivity index (χ0) is 25.0. The van der Waals surface area contributed by atoms with Crippen LogP contribution in [-0.4, -0.2) is 39.3 Å². The van der Waals surface area contributed by atoms with Crippen LogP contribution in [0.3, 0.4) is 0 Å². The number of carbonyl (C=O) groups excluding carboxylic acids is 2. The zero-order valence-electron chi connectivity index (χ0n) is 20.7. The largest absolute Gasteiger partial charge is 0.426 e. The number of nitrogens with zero attached hydrogens (tertiary/aromatic N) is 2. The second-order valence-electron chi connectivity index (χ2n) is 10.2. The number of carbonyl (C=O) groups is 2. The van der Waals surface area contributed by atoms with Crippen LogP contribution in [0.5, 0.6) is 5.75 Å². The molecule has 1 fully saturated rings. The molecule has 2 aromatic carbocycles. The molecule has 0 aliphatic carbocycles. The number of nitrogens with one attached hydrogen (secondary N) is 1. The average Bonchev–Trinajstić information content (AvgIpc) is 3.35. The van der Waals surface area contributed by atoms with Crippen LogP contribution in [-0.2, 0) is 16.0 Å². The number of hydrogen-bond acceptors (Lipinski definition) is 5. The summed E-state index contributed by atoms with van der Waals surface area (Å²) in [5.74, 6) is 0.919. The van der Waals surface area contributed by atoms with E-state index in [9.17, 15) is 9.59 Å². The molecule has 1 amide bonds. The first-order valence-electron chi connectivity index (χ1n) is 12.2. The molecular formula is C28H34N4O3. The molecule has 7 heteroatoms. The molecular weight excluding hydrogens is 440 g/mol. The van der Waals surface area contributed by atoms with Crippen LogP contribution in [0, 0.1) is 5.41 Å². The van der Waals surface area contributed by atoms with Crippen LogP contribution in [0.1, 0.15) is 57.5 Å². The molecule has 0 spiro atoms. The number of piperidine rings is 1. The lowest BCUT2D eigenvalue weighted by atomic mass is 9.97. The standard InChI is InChI=1S/C28H34N4O3/c1-28(2,3)27(34)35-21-14-12-19(13-15-21)17-22(29)26(33)32-16-8-7-11-24(32)25-30-18-23(31-25)20-9-5-4-6-10-20/h4-6,9-10,12-15,18,22,24H,7-8,11,16-17,29H2,1-3H3,(H,30,31)/t22-,24-/m0/s1. The molecule has 3 aromatic rings. The minimum atomic E-state index is -0.665. The molecule has 0 radical (unpaired) electrons. The number of benzene rings is 2. The predicted molar refractivity (Wildman–Crippen MR) is 136 cm³/mol. The van der Waals surface area contributed by atoms with Crippen LogP contribution in [0.25, 0.3) is 11.3 Å². The number of aromatic nitrogens is 2. The molecule has 0 saturated carbocycles. The van der Waals surface area contributed by atoms with Crippen molar-refractivity contribution in [2.24, 2.45) is 11.1 Å². The highest BCUT2D eigenvalue weighted by molar-refractivity contribution is 5.82. The van der Waals surface area contributed by atoms with E-state index >= 15 is 0 Å². The van der Waals surface area contributed by atoms with Crippen LogP contribution < -0.4 is 10.5 Å². The van der Waals surface area contributed by atoms with E-state index in [1.165, 1.54) is 0 Å². The Labute approximate surface area is 206 Å². The second-order valence-corrected chi connectivity index (χ2v) is 10.2. The number of likely N-dealkylation sites (tertiary alicyclic amines) is 1. The number of imidazole rings is 1. The molecule has 1 saturated heterocycles. The number of esters is 1. The Morgan fingerprint density at radius 1 is 1.11 bits per heavy atom. The minimum Gasteiger partial charge on any atom is -0.426 e. The topological polar surface area (TPSA) is 101 Å². The van der Waals surface area contributed by atoms with Crippen molar-refractivity contribution in [2.75, 3.05) is 6.54 Å². The third-order valence-corrected chi connectivity index (χ3v) is 6.30. The van der Waals surface area contributed by atoms with Gasteiger partial charge in [0.2, 0.25) is 5.91 Å². The fourth-order valence-electron chi connectivity index (χ4n) is 4.26. The van der Waals surface area contributed by atoms with Gasteiger partial charge in [-0.1, -0.05) is 42.5 Å². The molecule has 2 atom stereocenters. The van der Waals surface area contributed by atoms with Gasteiger partial charge >= 0.3 is 5.97 Å². The van der Waals surface area contributed by atoms with Gasteiger partial charge in [0.15, 0.2) is 0 Å². The zero-order valence-corrected chi connectivity index (χ0v) is 20.7. The first-order valence-corrected chi connectivity index (χ1v) is 12.2. The monoisotopic (exact) mass is 474 g/mol. The van der Waals surface area contributed by atoms with Gasteiger partial charge in [0.1, 0.15) is 11.6 Å². The quantitative estimate of drug-likeness (QED) is 0.400. The van der Waals surface area contributed by atoms with Crippen molar-refractivity contribution in [1.29, 1.82) is 0 Å². The number of aromatic amines is 1. The fraction of sp³-hybridized carbons (Fsp3) is 0.393. The molecule has 2 heterocycles. The summed E-state index contributed by atoms with van der Waals surface area (Å²) in [7, 11) is 0. The summed E-state index contributed by atoms with van der Waals surface area (Å²) in [6, 6.07) is 16.4. The molecule has 1 aromatic heterocycles. The summed E-state index contributed by atoms with van der Waals surface area (Å²) in [5, 5.41) is 0. The average molecular weight is 475 g/mol. The summed E-state index contributed by atoms with van der Waals surface area (Å²) < 4.78 is 5.42. The number of H-pyrrole nitrogens is 1. The summed E-state index contributed by atoms with van der Waals surface area (Å²) >= 11 is 0. The summed E-state index contributed by atoms with van der Waals surface area (Å²) in [6.07, 6.45) is 5.09. The lowest BCUT2D eigenvalue weighted by molar-refractivity contribution is -0.143. The van der Waals surface area contributed by atoms with E-state index < -0.39 is 11.5 Å². The fourth-order valence-corrected chi connectivity index (χ4v) is 4.26. The Bertz CT molecular complexity index is 1150. The third-order valence-electron chi connectivity index (χ3n) is 6.30. The Hall–Kier alpha value is -3.45. The van der Waals surface area contributed by atoms with E-state index in [1.807, 2.05) is 74.3 Å². The maximum atomic E-state index is 13.4. The number of amides is 1. The smallest absolute Gasteiger partial charge is 0.316 e. The van der Waals surface area contributed by atoms with Crippen molar-refractivity contribution >= 4 is 11.9 Å². The van der Waals surface area contributed by atoms with Crippen molar-refractivity contribution in [2.45, 2.75) is 58.5 Å². The molecule has 7 nitrogen and oxygen atoms in total. The Kier molecular flexibility index (Phi) is 7.36. The van der Waals surface area contributed by atoms with Crippen LogP contribution in [0.15, 0.2) is 60.8 Å². The van der Waals surface area contributed by atoms with E-state index in [0.717, 1.165) is 41.9 Å². The predicted octanol–water partition coefficient (Wildman–Crippen LogP) is 4.65. The SMILES string of the molecule is CC(C)(C)C(=O)Oc1ccc(C[C@H](N)C(=O)N2CCCC[C@H]2c2ncc(-c3ccccc3)[nH]2)cc1. The van der Waals surface area contributed by atoms with Gasteiger partial charge in [-0.2, -0.15) is 0 Å². The summed E-state index contributed by atoms with van der Waals surface area (Å²) in [6.45, 7) is 6.11. The van der Waals surface area contributed by atoms with Gasteiger partial charge in [0.05, 0.1) is 29.4 Å². The van der Waals surface area contributed by atoms with E-state index in [4.69, 9.17) is 10.5 Å². The molecule has 1 aliphatic heterocycles. The van der Waals surface area contributed by atoms with Gasteiger partial charge in [-0.25, -0.2) is 4.98 Å². The Morgan fingerprint density at radius 3 is 2.51 bits per heavy atom. The van der Waals surface area contributed by atoms with Crippen LogP contribution >= 0.6 is 0 Å². The summed E-state index contributed by atoms with van der Waals surface area (Å²) in [5.41, 5.74) is 8.73. The van der Waals surface area contributed by atoms with E-state index in [2.05, 4.69) is 9.97 Å². The maximum absolute atomic E-state index is 13.4. The van der Waals surface area contributed by atoms with Crippen molar-refractivity contribution in [1.82, 2.24) is 14.9 Å². The molecule has 4 rings (SSSR count). The van der Waals surface area contributed by atoms with Crippen molar-refractivity contribution < 1.29 is 14.3 Å². The molecule has 3 N–H and O–H groups in total. The van der Waals surface area contributed by atoms with Gasteiger partial charge < -0.3 is 20.4 Å². The number of ether oxygens (including phenoxy) is 1. The van der Waals surface area contributed by atoms with E-state index in [0.29, 0.717) is 18.7 Å². The first kappa shape index (κ1) is 24.7. The molecule has 1 aliphatic rings. The lowest BCUT2D eigenvalue weighted by Crippen LogP contribution is -2.48. The first-order chi connectivity index (χ1) is 16.7. The Balaban J connectivity index is 1.42. The van der Waals surface area contributed by atoms with Crippen molar-refractivity contribution in [3.05, 3.63) is 72.2 Å². The molecule has 184 valence electrons. The molecule has 35 heavy (non-hydrogen) atoms. The Morgan fingerprint density at radius 2 is 1.83 bits per heavy atom. The normalized spacial score (nSPS) is 17.1. The van der Waals surface area contributed by atoms with Crippen LogP contribution in [0.2, 0.25) is 0 Å². The van der Waals surface area contributed by atoms with Crippen LogP contribution in [0.4, 0.5) is 0 Å². The third kappa shape index (κ3) is 5.98. The molecule has 0 bridgehead atoms. The van der Waals surface area contributed by atoms with Gasteiger partial charge in [0, 0.05) is 6.54 Å². The van der Waals surface area contributed by atoms with Gasteiger partial charge in [-0.15, -0.1) is 0 Å². The number of rotatable bonds is 6. The lowest BCUT2D eigenvalue weighted by Gasteiger charge is -2.36. The van der Waals surface area contributed by atoms with E-state index in [1.54, 1.807) is 12.1 Å². The minimum absolute atomic E-state index is 0.0735.